The maximum absolute atomic E-state index is 14.4. The molecule has 0 saturated carbocycles. The lowest BCUT2D eigenvalue weighted by molar-refractivity contribution is 0.0695. The first-order valence-electron chi connectivity index (χ1n) is 8.58. The molecule has 0 atom stereocenters. The summed E-state index contributed by atoms with van der Waals surface area (Å²) in [6.07, 6.45) is 0. The number of carboxylic acids is 1. The van der Waals surface area contributed by atoms with E-state index < -0.39 is 11.8 Å². The fourth-order valence-electron chi connectivity index (χ4n) is 3.38. The number of aromatic carboxylic acids is 1. The molecule has 27 heavy (non-hydrogen) atoms. The van der Waals surface area contributed by atoms with Gasteiger partial charge in [-0.15, -0.1) is 0 Å². The van der Waals surface area contributed by atoms with Gasteiger partial charge in [0.2, 0.25) is 5.82 Å². The predicted molar refractivity (Wildman–Crippen MR) is 101 cm³/mol. The number of halogens is 1. The number of aryl methyl sites for hydroxylation is 2. The molecule has 3 rings (SSSR count). The highest BCUT2D eigenvalue weighted by atomic mass is 19.1. The van der Waals surface area contributed by atoms with E-state index in [1.807, 2.05) is 27.7 Å². The van der Waals surface area contributed by atoms with Gasteiger partial charge in [-0.2, -0.15) is 4.98 Å². The van der Waals surface area contributed by atoms with Crippen LogP contribution in [0, 0.1) is 47.4 Å². The third kappa shape index (κ3) is 3.01. The molecule has 3 aromatic rings. The zero-order valence-corrected chi connectivity index (χ0v) is 16.2. The second-order valence-corrected chi connectivity index (χ2v) is 6.89. The molecule has 6 heteroatoms. The van der Waals surface area contributed by atoms with Gasteiger partial charge in [0.15, 0.2) is 0 Å². The lowest BCUT2D eigenvalue weighted by atomic mass is 9.88. The lowest BCUT2D eigenvalue weighted by Crippen LogP contribution is -2.09. The van der Waals surface area contributed by atoms with Gasteiger partial charge >= 0.3 is 5.97 Å². The van der Waals surface area contributed by atoms with Gasteiger partial charge in [-0.05, 0) is 87.1 Å². The molecule has 0 aliphatic heterocycles. The summed E-state index contributed by atoms with van der Waals surface area (Å²) in [5.41, 5.74) is 5.84. The van der Waals surface area contributed by atoms with E-state index in [1.165, 1.54) is 6.07 Å². The summed E-state index contributed by atoms with van der Waals surface area (Å²) in [5, 5.41) is 13.6. The summed E-state index contributed by atoms with van der Waals surface area (Å²) in [6.45, 7) is 11.0. The predicted octanol–water partition coefficient (Wildman–Crippen LogP) is 5.09. The van der Waals surface area contributed by atoms with E-state index >= 15 is 0 Å². The van der Waals surface area contributed by atoms with Gasteiger partial charge in [0, 0.05) is 5.56 Å². The normalized spacial score (nSPS) is 11.1. The highest BCUT2D eigenvalue weighted by Gasteiger charge is 2.24. The fraction of sp³-hybridized carbons (Fsp3) is 0.286. The standard InChI is InChI=1S/C21H21FN2O3/c1-9-7-15(16(22)8-10(9)2)20-23-19(24-27-20)17-12(4)11(3)13(5)18(14(17)6)21(25)26/h7-8H,1-6H3,(H,25,26). The topological polar surface area (TPSA) is 76.2 Å². The van der Waals surface area contributed by atoms with E-state index in [-0.39, 0.29) is 22.8 Å². The van der Waals surface area contributed by atoms with Crippen molar-refractivity contribution in [1.29, 1.82) is 0 Å². The number of nitrogens with zero attached hydrogens (tertiary/aromatic N) is 2. The van der Waals surface area contributed by atoms with E-state index in [9.17, 15) is 14.3 Å². The zero-order valence-electron chi connectivity index (χ0n) is 16.2. The van der Waals surface area contributed by atoms with Gasteiger partial charge in [0.05, 0.1) is 11.1 Å². The third-order valence-electron chi connectivity index (χ3n) is 5.30. The summed E-state index contributed by atoms with van der Waals surface area (Å²) < 4.78 is 19.7. The molecule has 1 heterocycles. The van der Waals surface area contributed by atoms with Crippen LogP contribution in [0.25, 0.3) is 22.8 Å². The van der Waals surface area contributed by atoms with Crippen LogP contribution in [0.1, 0.15) is 43.7 Å². The minimum absolute atomic E-state index is 0.0690. The van der Waals surface area contributed by atoms with Gasteiger partial charge in [0.1, 0.15) is 5.82 Å². The van der Waals surface area contributed by atoms with Gasteiger partial charge in [-0.3, -0.25) is 0 Å². The van der Waals surface area contributed by atoms with Crippen LogP contribution in [0.2, 0.25) is 0 Å². The Morgan fingerprint density at radius 2 is 1.59 bits per heavy atom. The van der Waals surface area contributed by atoms with Crippen molar-refractivity contribution in [3.05, 3.63) is 56.9 Å². The van der Waals surface area contributed by atoms with E-state index in [0.29, 0.717) is 16.7 Å². The first-order valence-corrected chi connectivity index (χ1v) is 8.58. The van der Waals surface area contributed by atoms with Crippen LogP contribution in [0.3, 0.4) is 0 Å². The number of hydrogen-bond donors (Lipinski definition) is 1. The number of aromatic nitrogens is 2. The van der Waals surface area contributed by atoms with Crippen LogP contribution in [-0.2, 0) is 0 Å². The molecular formula is C21H21FN2O3. The summed E-state index contributed by atoms with van der Waals surface area (Å²) in [4.78, 5) is 16.1. The van der Waals surface area contributed by atoms with Crippen molar-refractivity contribution in [1.82, 2.24) is 10.1 Å². The zero-order chi connectivity index (χ0) is 20.0. The Morgan fingerprint density at radius 1 is 0.963 bits per heavy atom. The Bertz CT molecular complexity index is 1080. The van der Waals surface area contributed by atoms with Crippen molar-refractivity contribution < 1.29 is 18.8 Å². The Hall–Kier alpha value is -3.02. The second-order valence-electron chi connectivity index (χ2n) is 6.89. The highest BCUT2D eigenvalue weighted by Crippen LogP contribution is 2.34. The highest BCUT2D eigenvalue weighted by molar-refractivity contribution is 5.94. The van der Waals surface area contributed by atoms with Crippen LogP contribution >= 0.6 is 0 Å². The van der Waals surface area contributed by atoms with Crippen molar-refractivity contribution >= 4 is 5.97 Å². The number of carbonyl (C=O) groups is 1. The first kappa shape index (κ1) is 18.8. The minimum atomic E-state index is -1.00. The van der Waals surface area contributed by atoms with Crippen molar-refractivity contribution in [2.75, 3.05) is 0 Å². The molecule has 1 N–H and O–H groups in total. The molecule has 0 fully saturated rings. The number of carboxylic acid groups (broad SMARTS) is 1. The average Bonchev–Trinajstić information content (AvgIpc) is 3.05. The molecule has 0 aliphatic rings. The van der Waals surface area contributed by atoms with Crippen LogP contribution in [-0.4, -0.2) is 21.2 Å². The number of benzene rings is 2. The molecule has 0 unspecified atom stereocenters. The Kier molecular flexibility index (Phi) is 4.59. The largest absolute Gasteiger partial charge is 0.478 e. The molecular weight excluding hydrogens is 347 g/mol. The van der Waals surface area contributed by atoms with Crippen molar-refractivity contribution in [3.63, 3.8) is 0 Å². The number of hydrogen-bond acceptors (Lipinski definition) is 4. The summed E-state index contributed by atoms with van der Waals surface area (Å²) in [5.74, 6) is -1.12. The molecule has 2 aromatic carbocycles. The van der Waals surface area contributed by atoms with Gasteiger partial charge in [-0.25, -0.2) is 9.18 Å². The molecule has 0 radical (unpaired) electrons. The van der Waals surface area contributed by atoms with E-state index in [0.717, 1.165) is 22.3 Å². The maximum Gasteiger partial charge on any atom is 0.336 e. The molecule has 0 aliphatic carbocycles. The van der Waals surface area contributed by atoms with Crippen LogP contribution in [0.5, 0.6) is 0 Å². The molecule has 0 amide bonds. The molecule has 1 aromatic heterocycles. The Labute approximate surface area is 156 Å². The van der Waals surface area contributed by atoms with Crippen LogP contribution in [0.4, 0.5) is 4.39 Å². The maximum atomic E-state index is 14.4. The van der Waals surface area contributed by atoms with Gasteiger partial charge in [-0.1, -0.05) is 5.16 Å². The SMILES string of the molecule is Cc1cc(F)c(-c2nc(-c3c(C)c(C)c(C)c(C(=O)O)c3C)no2)cc1C. The van der Waals surface area contributed by atoms with Crippen LogP contribution in [0.15, 0.2) is 16.7 Å². The van der Waals surface area contributed by atoms with Gasteiger partial charge in [0.25, 0.3) is 5.89 Å². The minimum Gasteiger partial charge on any atom is -0.478 e. The fourth-order valence-corrected chi connectivity index (χ4v) is 3.38. The van der Waals surface area contributed by atoms with Crippen molar-refractivity contribution in [2.24, 2.45) is 0 Å². The smallest absolute Gasteiger partial charge is 0.336 e. The van der Waals surface area contributed by atoms with E-state index in [2.05, 4.69) is 10.1 Å². The molecule has 5 nitrogen and oxygen atoms in total. The quantitative estimate of drug-likeness (QED) is 0.697. The van der Waals surface area contributed by atoms with E-state index in [1.54, 1.807) is 19.9 Å². The molecule has 0 saturated heterocycles. The second kappa shape index (κ2) is 6.61. The number of rotatable bonds is 3. The van der Waals surface area contributed by atoms with Crippen LogP contribution < -0.4 is 0 Å². The molecule has 0 spiro atoms. The average molecular weight is 368 g/mol. The molecule has 140 valence electrons. The summed E-state index contributed by atoms with van der Waals surface area (Å²) in [7, 11) is 0. The molecule has 0 bridgehead atoms. The van der Waals surface area contributed by atoms with Crippen molar-refractivity contribution in [3.8, 4) is 22.8 Å². The lowest BCUT2D eigenvalue weighted by Gasteiger charge is -2.16. The Morgan fingerprint density at radius 3 is 2.22 bits per heavy atom. The Balaban J connectivity index is 2.21. The van der Waals surface area contributed by atoms with Gasteiger partial charge < -0.3 is 9.63 Å². The summed E-state index contributed by atoms with van der Waals surface area (Å²) in [6, 6.07) is 3.11. The first-order chi connectivity index (χ1) is 12.6. The monoisotopic (exact) mass is 368 g/mol. The van der Waals surface area contributed by atoms with E-state index in [4.69, 9.17) is 4.52 Å². The van der Waals surface area contributed by atoms with Crippen molar-refractivity contribution in [2.45, 2.75) is 41.5 Å². The third-order valence-corrected chi connectivity index (χ3v) is 5.30. The summed E-state index contributed by atoms with van der Waals surface area (Å²) >= 11 is 0.